The molecule has 102 valence electrons. The van der Waals surface area contributed by atoms with E-state index in [0.717, 1.165) is 19.4 Å². The summed E-state index contributed by atoms with van der Waals surface area (Å²) < 4.78 is 11.6. The molecule has 0 bridgehead atoms. The summed E-state index contributed by atoms with van der Waals surface area (Å²) >= 11 is 0. The fourth-order valence-corrected chi connectivity index (χ4v) is 2.24. The summed E-state index contributed by atoms with van der Waals surface area (Å²) in [5.74, 6) is 0.618. The van der Waals surface area contributed by atoms with Gasteiger partial charge in [0.25, 0.3) is 0 Å². The van der Waals surface area contributed by atoms with E-state index >= 15 is 0 Å². The van der Waals surface area contributed by atoms with E-state index < -0.39 is 10.8 Å². The summed E-state index contributed by atoms with van der Waals surface area (Å²) in [6, 6.07) is 0. The molecule has 1 amide bonds. The van der Waals surface area contributed by atoms with Crippen LogP contribution in [0.25, 0.3) is 0 Å². The number of carbonyl (C=O) groups excluding carboxylic acids is 1. The molecule has 0 rings (SSSR count). The Morgan fingerprint density at radius 3 is 2.41 bits per heavy atom. The summed E-state index contributed by atoms with van der Waals surface area (Å²) in [5.41, 5.74) is 0.0972. The normalized spacial score (nSPS) is 13.4. The Morgan fingerprint density at radius 2 is 1.88 bits per heavy atom. The molecule has 0 fully saturated rings. The van der Waals surface area contributed by atoms with E-state index in [1.807, 2.05) is 6.92 Å². The van der Waals surface area contributed by atoms with Gasteiger partial charge in [-0.1, -0.05) is 6.92 Å². The van der Waals surface area contributed by atoms with Gasteiger partial charge >= 0.3 is 0 Å². The summed E-state index contributed by atoms with van der Waals surface area (Å²) in [5, 5.41) is 6.06. The zero-order valence-corrected chi connectivity index (χ0v) is 12.3. The maximum Gasteiger partial charge on any atom is 0.232 e. The highest BCUT2D eigenvalue weighted by Crippen LogP contribution is 1.98. The van der Waals surface area contributed by atoms with Crippen molar-refractivity contribution in [3.8, 4) is 0 Å². The molecule has 5 heteroatoms. The van der Waals surface area contributed by atoms with Crippen molar-refractivity contribution in [2.24, 2.45) is 0 Å². The van der Waals surface area contributed by atoms with Crippen LogP contribution in [-0.4, -0.2) is 40.3 Å². The molecule has 0 heterocycles. The van der Waals surface area contributed by atoms with Gasteiger partial charge in [-0.2, -0.15) is 0 Å². The van der Waals surface area contributed by atoms with Gasteiger partial charge in [-0.05, 0) is 40.2 Å². The summed E-state index contributed by atoms with van der Waals surface area (Å²) in [6.45, 7) is 9.80. The quantitative estimate of drug-likeness (QED) is 0.643. The highest BCUT2D eigenvalue weighted by molar-refractivity contribution is 7.85. The van der Waals surface area contributed by atoms with Crippen molar-refractivity contribution in [3.63, 3.8) is 0 Å². The first kappa shape index (κ1) is 16.6. The van der Waals surface area contributed by atoms with Crippen LogP contribution >= 0.6 is 0 Å². The molecule has 0 spiro atoms. The topological polar surface area (TPSA) is 58.2 Å². The van der Waals surface area contributed by atoms with Gasteiger partial charge in [0.05, 0.1) is 0 Å². The first-order valence-corrected chi connectivity index (χ1v) is 7.70. The van der Waals surface area contributed by atoms with Crippen LogP contribution in [0.3, 0.4) is 0 Å². The van der Waals surface area contributed by atoms with Crippen LogP contribution < -0.4 is 10.6 Å². The molecule has 1 atom stereocenters. The first-order chi connectivity index (χ1) is 7.85. The monoisotopic (exact) mass is 262 g/mol. The second-order valence-corrected chi connectivity index (χ2v) is 6.75. The van der Waals surface area contributed by atoms with E-state index in [-0.39, 0.29) is 17.2 Å². The Hall–Kier alpha value is -0.420. The Morgan fingerprint density at radius 1 is 1.24 bits per heavy atom. The van der Waals surface area contributed by atoms with Gasteiger partial charge < -0.3 is 10.6 Å². The van der Waals surface area contributed by atoms with Crippen LogP contribution in [-0.2, 0) is 15.6 Å². The molecule has 0 saturated heterocycles. The van der Waals surface area contributed by atoms with Crippen LogP contribution in [0.2, 0.25) is 0 Å². The van der Waals surface area contributed by atoms with Crippen LogP contribution in [0, 0.1) is 0 Å². The Bertz CT molecular complexity index is 249. The van der Waals surface area contributed by atoms with E-state index in [1.54, 1.807) is 0 Å². The highest BCUT2D eigenvalue weighted by Gasteiger charge is 2.09. The Kier molecular flexibility index (Phi) is 8.43. The maximum atomic E-state index is 11.6. The number of hydrogen-bond donors (Lipinski definition) is 2. The second-order valence-electron chi connectivity index (χ2n) is 5.17. The van der Waals surface area contributed by atoms with Gasteiger partial charge in [0.1, 0.15) is 5.75 Å². The molecule has 1 unspecified atom stereocenters. The zero-order valence-electron chi connectivity index (χ0n) is 11.5. The third-order valence-corrected chi connectivity index (χ3v) is 3.40. The lowest BCUT2D eigenvalue weighted by Crippen LogP contribution is -2.37. The van der Waals surface area contributed by atoms with Crippen LogP contribution in [0.5, 0.6) is 0 Å². The van der Waals surface area contributed by atoms with E-state index in [1.165, 1.54) is 0 Å². The van der Waals surface area contributed by atoms with Crippen molar-refractivity contribution in [3.05, 3.63) is 0 Å². The van der Waals surface area contributed by atoms with Crippen molar-refractivity contribution in [1.29, 1.82) is 0 Å². The van der Waals surface area contributed by atoms with Crippen molar-refractivity contribution < 1.29 is 9.00 Å². The van der Waals surface area contributed by atoms with Crippen LogP contribution in [0.15, 0.2) is 0 Å². The molecular weight excluding hydrogens is 236 g/mol. The zero-order chi connectivity index (χ0) is 13.3. The van der Waals surface area contributed by atoms with Gasteiger partial charge in [-0.15, -0.1) is 0 Å². The van der Waals surface area contributed by atoms with E-state index in [2.05, 4.69) is 31.4 Å². The molecule has 2 N–H and O–H groups in total. The summed E-state index contributed by atoms with van der Waals surface area (Å²) in [6.07, 6.45) is 1.75. The molecular formula is C12H26N2O2S. The third-order valence-electron chi connectivity index (χ3n) is 2.07. The molecule has 0 aliphatic rings. The lowest BCUT2D eigenvalue weighted by atomic mass is 10.1. The van der Waals surface area contributed by atoms with Crippen molar-refractivity contribution >= 4 is 16.7 Å². The molecule has 0 aromatic heterocycles. The molecule has 0 aliphatic carbocycles. The molecule has 0 aromatic rings. The third kappa shape index (κ3) is 11.8. The summed E-state index contributed by atoms with van der Waals surface area (Å²) in [7, 11) is -1.03. The largest absolute Gasteiger partial charge is 0.355 e. The van der Waals surface area contributed by atoms with Gasteiger partial charge in [0.15, 0.2) is 0 Å². The molecule has 0 radical (unpaired) electrons. The molecule has 17 heavy (non-hydrogen) atoms. The Labute approximate surface area is 107 Å². The number of nitrogens with one attached hydrogen (secondary N) is 2. The summed E-state index contributed by atoms with van der Waals surface area (Å²) in [4.78, 5) is 11.3. The van der Waals surface area contributed by atoms with E-state index in [9.17, 15) is 9.00 Å². The number of amides is 1. The van der Waals surface area contributed by atoms with E-state index in [0.29, 0.717) is 12.3 Å². The maximum absolute atomic E-state index is 11.6. The number of rotatable bonds is 8. The standard InChI is InChI=1S/C12H26N2O2S/c1-5-7-13-11(15)10-17(16)9-6-8-14-12(2,3)4/h14H,5-10H2,1-4H3,(H,13,15). The van der Waals surface area contributed by atoms with Gasteiger partial charge in [-0.3, -0.25) is 9.00 Å². The van der Waals surface area contributed by atoms with Crippen molar-refractivity contribution in [2.75, 3.05) is 24.6 Å². The predicted molar refractivity (Wildman–Crippen MR) is 73.5 cm³/mol. The minimum Gasteiger partial charge on any atom is -0.355 e. The first-order valence-electron chi connectivity index (χ1n) is 6.22. The molecule has 0 saturated carbocycles. The average Bonchev–Trinajstić information content (AvgIpc) is 2.20. The number of carbonyl (C=O) groups is 1. The highest BCUT2D eigenvalue weighted by atomic mass is 32.2. The number of hydrogen-bond acceptors (Lipinski definition) is 3. The molecule has 0 aliphatic heterocycles. The molecule has 0 aromatic carbocycles. The van der Waals surface area contributed by atoms with E-state index in [4.69, 9.17) is 0 Å². The fourth-order valence-electron chi connectivity index (χ4n) is 1.23. The van der Waals surface area contributed by atoms with Gasteiger partial charge in [-0.25, -0.2) is 0 Å². The van der Waals surface area contributed by atoms with Gasteiger partial charge in [0.2, 0.25) is 5.91 Å². The van der Waals surface area contributed by atoms with Gasteiger partial charge in [0, 0.05) is 28.6 Å². The lowest BCUT2D eigenvalue weighted by molar-refractivity contribution is -0.118. The van der Waals surface area contributed by atoms with Crippen LogP contribution in [0.1, 0.15) is 40.5 Å². The molecule has 4 nitrogen and oxygen atoms in total. The lowest BCUT2D eigenvalue weighted by Gasteiger charge is -2.20. The van der Waals surface area contributed by atoms with Crippen molar-refractivity contribution in [1.82, 2.24) is 10.6 Å². The van der Waals surface area contributed by atoms with Crippen molar-refractivity contribution in [2.45, 2.75) is 46.1 Å². The SMILES string of the molecule is CCCNC(=O)CS(=O)CCCNC(C)(C)C. The minimum atomic E-state index is -1.03. The minimum absolute atomic E-state index is 0.0972. The Balaban J connectivity index is 3.56. The predicted octanol–water partition coefficient (Wildman–Crippen LogP) is 1.04. The van der Waals surface area contributed by atoms with Crippen LogP contribution in [0.4, 0.5) is 0 Å². The average molecular weight is 262 g/mol. The fraction of sp³-hybridized carbons (Fsp3) is 0.917. The smallest absolute Gasteiger partial charge is 0.232 e. The second kappa shape index (κ2) is 8.64.